The highest BCUT2D eigenvalue weighted by Crippen LogP contribution is 2.23. The van der Waals surface area contributed by atoms with E-state index < -0.39 is 17.9 Å². The highest BCUT2D eigenvalue weighted by atomic mass is 79.9. The quantitative estimate of drug-likeness (QED) is 0.618. The number of halogens is 1. The van der Waals surface area contributed by atoms with Crippen molar-refractivity contribution in [1.82, 2.24) is 20.5 Å². The number of aromatic nitrogens is 1. The van der Waals surface area contributed by atoms with Crippen LogP contribution in [0.25, 0.3) is 0 Å². The molecule has 1 aromatic heterocycles. The number of carboxylic acids is 1. The summed E-state index contributed by atoms with van der Waals surface area (Å²) in [5, 5.41) is 15.1. The predicted octanol–water partition coefficient (Wildman–Crippen LogP) is 0.601. The molecule has 1 aromatic rings. The van der Waals surface area contributed by atoms with Gasteiger partial charge in [-0.25, -0.2) is 4.79 Å². The van der Waals surface area contributed by atoms with E-state index >= 15 is 0 Å². The number of carbonyl (C=O) groups is 2. The number of rotatable bonds is 5. The molecule has 0 spiro atoms. The Bertz CT molecular complexity index is 547. The van der Waals surface area contributed by atoms with Gasteiger partial charge in [0.05, 0.1) is 0 Å². The summed E-state index contributed by atoms with van der Waals surface area (Å²) < 4.78 is 0.742. The molecule has 8 heteroatoms. The van der Waals surface area contributed by atoms with Crippen molar-refractivity contribution in [3.63, 3.8) is 0 Å². The van der Waals surface area contributed by atoms with Gasteiger partial charge in [0.1, 0.15) is 11.7 Å². The Morgan fingerprint density at radius 1 is 1.62 bits per heavy atom. The molecule has 0 aromatic carbocycles. The highest BCUT2D eigenvalue weighted by Gasteiger charge is 2.38. The molecule has 1 fully saturated rings. The van der Waals surface area contributed by atoms with Gasteiger partial charge >= 0.3 is 5.97 Å². The van der Waals surface area contributed by atoms with Crippen molar-refractivity contribution in [2.75, 3.05) is 20.3 Å². The van der Waals surface area contributed by atoms with E-state index in [2.05, 4.69) is 36.4 Å². The predicted molar refractivity (Wildman–Crippen MR) is 81.0 cm³/mol. The molecule has 21 heavy (non-hydrogen) atoms. The van der Waals surface area contributed by atoms with Crippen molar-refractivity contribution in [3.8, 4) is 0 Å². The fourth-order valence-corrected chi connectivity index (χ4v) is 2.76. The van der Waals surface area contributed by atoms with E-state index in [0.29, 0.717) is 25.3 Å². The van der Waals surface area contributed by atoms with E-state index in [4.69, 9.17) is 0 Å². The number of carboxylic acid groups (broad SMARTS) is 1. The number of nitrogens with one attached hydrogen (secondary N) is 3. The third kappa shape index (κ3) is 3.63. The first-order valence-electron chi connectivity index (χ1n) is 6.61. The first-order valence-corrected chi connectivity index (χ1v) is 7.41. The minimum atomic E-state index is -1.03. The molecule has 2 rings (SSSR count). The maximum absolute atomic E-state index is 12.1. The number of carbonyl (C=O) groups excluding carboxylic acids is 1. The third-order valence-corrected chi connectivity index (χ3v) is 4.37. The number of likely N-dealkylation sites (N-methyl/N-ethyl adjacent to an activating group) is 1. The largest absolute Gasteiger partial charge is 0.480 e. The lowest BCUT2D eigenvalue weighted by atomic mass is 9.92. The van der Waals surface area contributed by atoms with Crippen LogP contribution in [0.4, 0.5) is 0 Å². The summed E-state index contributed by atoms with van der Waals surface area (Å²) in [6.45, 7) is 3.39. The van der Waals surface area contributed by atoms with Crippen LogP contribution in [0.15, 0.2) is 16.7 Å². The SMILES string of the molecule is CN1CNCC1(C)CC(NC(=O)c1cc(Br)c[nH]1)C(=O)O. The molecule has 1 saturated heterocycles. The van der Waals surface area contributed by atoms with Crippen molar-refractivity contribution < 1.29 is 14.7 Å². The number of aromatic amines is 1. The van der Waals surface area contributed by atoms with Gasteiger partial charge in [-0.1, -0.05) is 0 Å². The van der Waals surface area contributed by atoms with Crippen LogP contribution in [-0.4, -0.2) is 58.7 Å². The van der Waals surface area contributed by atoms with Crippen LogP contribution >= 0.6 is 15.9 Å². The topological polar surface area (TPSA) is 97.5 Å². The minimum absolute atomic E-state index is 0.299. The molecule has 2 atom stereocenters. The fraction of sp³-hybridized carbons (Fsp3) is 0.538. The van der Waals surface area contributed by atoms with Gasteiger partial charge in [0.25, 0.3) is 5.91 Å². The summed E-state index contributed by atoms with van der Waals surface area (Å²) in [6.07, 6.45) is 1.96. The van der Waals surface area contributed by atoms with Crippen LogP contribution in [0, 0.1) is 0 Å². The Kier molecular flexibility index (Phi) is 4.70. The van der Waals surface area contributed by atoms with Gasteiger partial charge in [-0.2, -0.15) is 0 Å². The Morgan fingerprint density at radius 3 is 2.81 bits per heavy atom. The molecule has 2 unspecified atom stereocenters. The molecule has 0 aliphatic carbocycles. The Morgan fingerprint density at radius 2 is 2.33 bits per heavy atom. The zero-order valence-electron chi connectivity index (χ0n) is 11.9. The summed E-state index contributed by atoms with van der Waals surface area (Å²) in [5.74, 6) is -1.46. The average molecular weight is 359 g/mol. The van der Waals surface area contributed by atoms with Crippen molar-refractivity contribution in [2.24, 2.45) is 0 Å². The highest BCUT2D eigenvalue weighted by molar-refractivity contribution is 9.10. The summed E-state index contributed by atoms with van der Waals surface area (Å²) in [7, 11) is 1.93. The summed E-state index contributed by atoms with van der Waals surface area (Å²) in [5.41, 5.74) is 0.0308. The molecular formula is C13H19BrN4O3. The molecule has 1 amide bonds. The second-order valence-electron chi connectivity index (χ2n) is 5.58. The van der Waals surface area contributed by atoms with Gasteiger partial charge < -0.3 is 20.7 Å². The van der Waals surface area contributed by atoms with E-state index in [1.54, 1.807) is 12.3 Å². The maximum atomic E-state index is 12.1. The van der Waals surface area contributed by atoms with Crippen molar-refractivity contribution in [2.45, 2.75) is 24.9 Å². The van der Waals surface area contributed by atoms with Crippen LogP contribution in [0.5, 0.6) is 0 Å². The second-order valence-corrected chi connectivity index (χ2v) is 6.50. The van der Waals surface area contributed by atoms with E-state index in [1.165, 1.54) is 0 Å². The molecule has 7 nitrogen and oxygen atoms in total. The molecule has 0 radical (unpaired) electrons. The van der Waals surface area contributed by atoms with Crippen molar-refractivity contribution in [1.29, 1.82) is 0 Å². The number of aliphatic carboxylic acids is 1. The van der Waals surface area contributed by atoms with E-state index in [9.17, 15) is 14.7 Å². The first kappa shape index (κ1) is 16.0. The molecule has 116 valence electrons. The second kappa shape index (κ2) is 6.17. The fourth-order valence-electron chi connectivity index (χ4n) is 2.42. The standard InChI is InChI=1S/C13H19BrN4O3/c1-13(6-15-7-18(13)2)4-10(12(20)21)17-11(19)9-3-8(14)5-16-9/h3,5,10,15-16H,4,6-7H2,1-2H3,(H,17,19)(H,20,21). The number of amides is 1. The van der Waals surface area contributed by atoms with Crippen LogP contribution in [-0.2, 0) is 4.79 Å². The van der Waals surface area contributed by atoms with Crippen LogP contribution in [0.1, 0.15) is 23.8 Å². The lowest BCUT2D eigenvalue weighted by molar-refractivity contribution is -0.140. The van der Waals surface area contributed by atoms with Crippen LogP contribution in [0.2, 0.25) is 0 Å². The molecule has 0 saturated carbocycles. The van der Waals surface area contributed by atoms with Gasteiger partial charge in [-0.15, -0.1) is 0 Å². The van der Waals surface area contributed by atoms with Gasteiger partial charge in [-0.3, -0.25) is 9.69 Å². The lowest BCUT2D eigenvalue weighted by Gasteiger charge is -2.33. The number of nitrogens with zero attached hydrogens (tertiary/aromatic N) is 1. The molecule has 2 heterocycles. The zero-order chi connectivity index (χ0) is 15.6. The molecule has 4 N–H and O–H groups in total. The summed E-state index contributed by atoms with van der Waals surface area (Å²) >= 11 is 3.24. The Hall–Kier alpha value is -1.38. The van der Waals surface area contributed by atoms with E-state index in [1.807, 2.05) is 14.0 Å². The smallest absolute Gasteiger partial charge is 0.326 e. The average Bonchev–Trinajstić information content (AvgIpc) is 2.96. The van der Waals surface area contributed by atoms with Gasteiger partial charge in [-0.05, 0) is 42.4 Å². The van der Waals surface area contributed by atoms with Crippen LogP contribution in [0.3, 0.4) is 0 Å². The van der Waals surface area contributed by atoms with E-state index in [0.717, 1.165) is 4.47 Å². The van der Waals surface area contributed by atoms with Crippen molar-refractivity contribution >= 4 is 27.8 Å². The Labute approximate surface area is 131 Å². The lowest BCUT2D eigenvalue weighted by Crippen LogP contribution is -2.51. The molecule has 0 bridgehead atoms. The Balaban J connectivity index is 2.06. The number of hydrogen-bond acceptors (Lipinski definition) is 4. The summed E-state index contributed by atoms with van der Waals surface area (Å²) in [4.78, 5) is 28.4. The minimum Gasteiger partial charge on any atom is -0.480 e. The van der Waals surface area contributed by atoms with Crippen molar-refractivity contribution in [3.05, 3.63) is 22.4 Å². The maximum Gasteiger partial charge on any atom is 0.326 e. The summed E-state index contributed by atoms with van der Waals surface area (Å²) in [6, 6.07) is 0.672. The monoisotopic (exact) mass is 358 g/mol. The molecule has 1 aliphatic heterocycles. The first-order chi connectivity index (χ1) is 9.82. The normalized spacial score (nSPS) is 24.0. The van der Waals surface area contributed by atoms with Gasteiger partial charge in [0.15, 0.2) is 0 Å². The molecule has 1 aliphatic rings. The molecular weight excluding hydrogens is 340 g/mol. The zero-order valence-corrected chi connectivity index (χ0v) is 13.5. The number of H-pyrrole nitrogens is 1. The van der Waals surface area contributed by atoms with Crippen LogP contribution < -0.4 is 10.6 Å². The number of hydrogen-bond donors (Lipinski definition) is 4. The van der Waals surface area contributed by atoms with E-state index in [-0.39, 0.29) is 5.54 Å². The van der Waals surface area contributed by atoms with Gasteiger partial charge in [0.2, 0.25) is 0 Å². The van der Waals surface area contributed by atoms with Gasteiger partial charge in [0, 0.05) is 29.4 Å². The third-order valence-electron chi connectivity index (χ3n) is 3.92.